The highest BCUT2D eigenvalue weighted by atomic mass is 16.5. The molecular formula is C21H30N4O2. The molecule has 2 fully saturated rings. The molecule has 2 aromatic rings. The van der Waals surface area contributed by atoms with Crippen molar-refractivity contribution in [2.75, 3.05) is 13.7 Å². The van der Waals surface area contributed by atoms with Crippen LogP contribution in [-0.4, -0.2) is 51.1 Å². The van der Waals surface area contributed by atoms with Crippen molar-refractivity contribution >= 4 is 0 Å². The Hall–Kier alpha value is -1.92. The van der Waals surface area contributed by atoms with Crippen molar-refractivity contribution in [1.82, 2.24) is 19.7 Å². The number of likely N-dealkylation sites (tertiary alicyclic amines) is 1. The highest BCUT2D eigenvalue weighted by Crippen LogP contribution is 2.44. The summed E-state index contributed by atoms with van der Waals surface area (Å²) in [5, 5.41) is 4.59. The number of hydrogen-bond acceptors (Lipinski definition) is 5. The molecule has 6 heteroatoms. The molecule has 27 heavy (non-hydrogen) atoms. The lowest BCUT2D eigenvalue weighted by atomic mass is 9.79. The Balaban J connectivity index is 1.52. The van der Waals surface area contributed by atoms with E-state index in [0.29, 0.717) is 6.04 Å². The Morgan fingerprint density at radius 1 is 1.26 bits per heavy atom. The Morgan fingerprint density at radius 2 is 2.11 bits per heavy atom. The maximum atomic E-state index is 6.19. The number of nitrogens with zero attached hydrogens (tertiary/aromatic N) is 4. The first-order valence-corrected chi connectivity index (χ1v) is 9.88. The van der Waals surface area contributed by atoms with E-state index in [1.54, 1.807) is 6.20 Å². The fourth-order valence-electron chi connectivity index (χ4n) is 4.89. The van der Waals surface area contributed by atoms with Crippen LogP contribution in [0.2, 0.25) is 0 Å². The van der Waals surface area contributed by atoms with Gasteiger partial charge in [0.1, 0.15) is 6.10 Å². The zero-order valence-corrected chi connectivity index (χ0v) is 16.8. The molecule has 3 atom stereocenters. The molecule has 0 bridgehead atoms. The molecule has 0 unspecified atom stereocenters. The second kappa shape index (κ2) is 7.24. The molecule has 0 radical (unpaired) electrons. The van der Waals surface area contributed by atoms with Gasteiger partial charge < -0.3 is 9.47 Å². The lowest BCUT2D eigenvalue weighted by Gasteiger charge is -2.43. The average molecular weight is 370 g/mol. The first kappa shape index (κ1) is 18.4. The molecule has 0 spiro atoms. The minimum absolute atomic E-state index is 0.0476. The second-order valence-corrected chi connectivity index (χ2v) is 7.96. The van der Waals surface area contributed by atoms with Gasteiger partial charge in [-0.2, -0.15) is 5.10 Å². The minimum Gasteiger partial charge on any atom is -0.474 e. The van der Waals surface area contributed by atoms with Gasteiger partial charge in [0.2, 0.25) is 5.88 Å². The van der Waals surface area contributed by atoms with Crippen molar-refractivity contribution in [1.29, 1.82) is 0 Å². The van der Waals surface area contributed by atoms with Crippen LogP contribution in [0.4, 0.5) is 0 Å². The minimum atomic E-state index is -0.0476. The number of pyridine rings is 1. The van der Waals surface area contributed by atoms with Crippen LogP contribution in [-0.2, 0) is 18.3 Å². The molecule has 1 saturated heterocycles. The van der Waals surface area contributed by atoms with Gasteiger partial charge in [-0.05, 0) is 39.2 Å². The van der Waals surface area contributed by atoms with Crippen LogP contribution in [0, 0.1) is 13.8 Å². The Morgan fingerprint density at radius 3 is 2.78 bits per heavy atom. The fourth-order valence-corrected chi connectivity index (χ4v) is 4.89. The van der Waals surface area contributed by atoms with Gasteiger partial charge in [-0.1, -0.05) is 6.07 Å². The third-order valence-corrected chi connectivity index (χ3v) is 6.60. The summed E-state index contributed by atoms with van der Waals surface area (Å²) < 4.78 is 14.3. The van der Waals surface area contributed by atoms with Crippen molar-refractivity contribution in [2.45, 2.75) is 63.8 Å². The standard InChI is InChI=1S/C21H30N4O2/c1-15-18(16(2)24(3)23-15)14-25-12-10-21(26-4)9-8-17(13-19(21)25)27-20-7-5-6-11-22-20/h5-7,11,17,19H,8-10,12-14H2,1-4H3/t17-,19-,21+/m0/s1. The smallest absolute Gasteiger partial charge is 0.213 e. The summed E-state index contributed by atoms with van der Waals surface area (Å²) in [6.45, 7) is 6.25. The van der Waals surface area contributed by atoms with E-state index in [0.717, 1.165) is 50.3 Å². The molecule has 1 saturated carbocycles. The van der Waals surface area contributed by atoms with Crippen LogP contribution in [0.15, 0.2) is 24.4 Å². The average Bonchev–Trinajstić information content (AvgIpc) is 3.15. The highest BCUT2D eigenvalue weighted by Gasteiger charge is 2.51. The van der Waals surface area contributed by atoms with Crippen molar-refractivity contribution in [2.24, 2.45) is 7.05 Å². The molecule has 6 nitrogen and oxygen atoms in total. The topological polar surface area (TPSA) is 52.4 Å². The summed E-state index contributed by atoms with van der Waals surface area (Å²) in [7, 11) is 3.89. The molecule has 2 aliphatic rings. The largest absolute Gasteiger partial charge is 0.474 e. The van der Waals surface area contributed by atoms with Crippen LogP contribution < -0.4 is 4.74 Å². The first-order valence-electron chi connectivity index (χ1n) is 9.88. The van der Waals surface area contributed by atoms with Crippen molar-refractivity contribution in [3.8, 4) is 5.88 Å². The fraction of sp³-hybridized carbons (Fsp3) is 0.619. The summed E-state index contributed by atoms with van der Waals surface area (Å²) >= 11 is 0. The van der Waals surface area contributed by atoms with Gasteiger partial charge >= 0.3 is 0 Å². The lowest BCUT2D eigenvalue weighted by Crippen LogP contribution is -2.52. The van der Waals surface area contributed by atoms with Crippen LogP contribution in [0.25, 0.3) is 0 Å². The van der Waals surface area contributed by atoms with Crippen LogP contribution in [0.3, 0.4) is 0 Å². The molecule has 3 heterocycles. The Kier molecular flexibility index (Phi) is 4.95. The molecular weight excluding hydrogens is 340 g/mol. The van der Waals surface area contributed by atoms with E-state index >= 15 is 0 Å². The highest BCUT2D eigenvalue weighted by molar-refractivity contribution is 5.25. The number of aromatic nitrogens is 3. The van der Waals surface area contributed by atoms with Gasteiger partial charge in [0.15, 0.2) is 0 Å². The number of fused-ring (bicyclic) bond motifs is 1. The molecule has 146 valence electrons. The van der Waals surface area contributed by atoms with Crippen LogP contribution in [0.5, 0.6) is 5.88 Å². The first-order chi connectivity index (χ1) is 13.0. The van der Waals surface area contributed by atoms with Gasteiger partial charge in [-0.25, -0.2) is 4.98 Å². The van der Waals surface area contributed by atoms with Gasteiger partial charge in [0, 0.05) is 63.2 Å². The number of rotatable bonds is 5. The normalized spacial score (nSPS) is 28.3. The van der Waals surface area contributed by atoms with Crippen LogP contribution in [0.1, 0.15) is 42.6 Å². The zero-order chi connectivity index (χ0) is 19.0. The predicted molar refractivity (Wildman–Crippen MR) is 104 cm³/mol. The summed E-state index contributed by atoms with van der Waals surface area (Å²) in [5.74, 6) is 0.718. The zero-order valence-electron chi connectivity index (χ0n) is 16.8. The summed E-state index contributed by atoms with van der Waals surface area (Å²) in [6, 6.07) is 6.19. The molecule has 4 rings (SSSR count). The van der Waals surface area contributed by atoms with Crippen LogP contribution >= 0.6 is 0 Å². The van der Waals surface area contributed by atoms with E-state index in [2.05, 4.69) is 28.8 Å². The molecule has 1 aliphatic carbocycles. The third kappa shape index (κ3) is 3.36. The molecule has 0 amide bonds. The van der Waals surface area contributed by atoms with Crippen molar-refractivity contribution in [3.63, 3.8) is 0 Å². The number of hydrogen-bond donors (Lipinski definition) is 0. The maximum absolute atomic E-state index is 6.19. The Labute approximate surface area is 161 Å². The van der Waals surface area contributed by atoms with E-state index in [-0.39, 0.29) is 11.7 Å². The molecule has 0 aromatic carbocycles. The van der Waals surface area contributed by atoms with E-state index in [9.17, 15) is 0 Å². The quantitative estimate of drug-likeness (QED) is 0.810. The van der Waals surface area contributed by atoms with Gasteiger partial charge in [0.25, 0.3) is 0 Å². The van der Waals surface area contributed by atoms with Crippen molar-refractivity contribution < 1.29 is 9.47 Å². The Bertz CT molecular complexity index is 791. The summed E-state index contributed by atoms with van der Waals surface area (Å²) in [6.07, 6.45) is 6.08. The predicted octanol–water partition coefficient (Wildman–Crippen LogP) is 3.02. The number of methoxy groups -OCH3 is 1. The molecule has 2 aromatic heterocycles. The lowest BCUT2D eigenvalue weighted by molar-refractivity contribution is -0.0843. The monoisotopic (exact) mass is 370 g/mol. The van der Waals surface area contributed by atoms with Crippen molar-refractivity contribution in [3.05, 3.63) is 41.3 Å². The maximum Gasteiger partial charge on any atom is 0.213 e. The van der Waals surface area contributed by atoms with E-state index in [1.165, 1.54) is 11.3 Å². The van der Waals surface area contributed by atoms with Gasteiger partial charge in [-0.3, -0.25) is 9.58 Å². The van der Waals surface area contributed by atoms with Gasteiger partial charge in [0.05, 0.1) is 11.3 Å². The van der Waals surface area contributed by atoms with E-state index in [4.69, 9.17) is 9.47 Å². The molecule has 1 aliphatic heterocycles. The molecule has 0 N–H and O–H groups in total. The SMILES string of the molecule is CO[C@@]12CC[C@H](Oc3ccccn3)C[C@@H]1N(Cc1c(C)nn(C)c1C)CC2. The third-order valence-electron chi connectivity index (χ3n) is 6.60. The number of ether oxygens (including phenoxy) is 2. The number of aryl methyl sites for hydroxylation is 2. The summed E-state index contributed by atoms with van der Waals surface area (Å²) in [5.41, 5.74) is 3.67. The van der Waals surface area contributed by atoms with E-state index < -0.39 is 0 Å². The van der Waals surface area contributed by atoms with E-state index in [1.807, 2.05) is 37.0 Å². The summed E-state index contributed by atoms with van der Waals surface area (Å²) in [4.78, 5) is 6.91. The second-order valence-electron chi connectivity index (χ2n) is 7.96. The van der Waals surface area contributed by atoms with Gasteiger partial charge in [-0.15, -0.1) is 0 Å².